The molecule has 1 amide bonds. The lowest BCUT2D eigenvalue weighted by atomic mass is 10.2. The summed E-state index contributed by atoms with van der Waals surface area (Å²) < 4.78 is 15.5. The molecule has 126 valence electrons. The standard InChI is InChI=1S/C18H19NO5/c1-3-23-15-6-4-5-7-16(15)24-12-17(20)19-14-10-8-13(9-11-14)18(21)22-2/h4-11H,3,12H2,1-2H3,(H,19,20). The minimum atomic E-state index is -0.427. The van der Waals surface area contributed by atoms with E-state index in [9.17, 15) is 9.59 Å². The molecule has 0 saturated carbocycles. The zero-order chi connectivity index (χ0) is 17.4. The molecule has 0 spiro atoms. The van der Waals surface area contributed by atoms with Gasteiger partial charge in [-0.25, -0.2) is 4.79 Å². The molecular formula is C18H19NO5. The quantitative estimate of drug-likeness (QED) is 0.791. The van der Waals surface area contributed by atoms with E-state index in [1.165, 1.54) is 7.11 Å². The minimum absolute atomic E-state index is 0.150. The first-order valence-corrected chi connectivity index (χ1v) is 7.47. The van der Waals surface area contributed by atoms with Crippen LogP contribution in [0, 0.1) is 0 Å². The van der Waals surface area contributed by atoms with Gasteiger partial charge in [-0.1, -0.05) is 12.1 Å². The van der Waals surface area contributed by atoms with Gasteiger partial charge in [0.05, 0.1) is 19.3 Å². The summed E-state index contributed by atoms with van der Waals surface area (Å²) in [6.45, 7) is 2.24. The van der Waals surface area contributed by atoms with E-state index in [2.05, 4.69) is 10.1 Å². The Morgan fingerprint density at radius 2 is 1.58 bits per heavy atom. The SMILES string of the molecule is CCOc1ccccc1OCC(=O)Nc1ccc(C(=O)OC)cc1. The fraction of sp³-hybridized carbons (Fsp3) is 0.222. The van der Waals surface area contributed by atoms with Crippen molar-refractivity contribution in [2.75, 3.05) is 25.6 Å². The summed E-state index contributed by atoms with van der Waals surface area (Å²) in [4.78, 5) is 23.3. The van der Waals surface area contributed by atoms with Crippen molar-refractivity contribution < 1.29 is 23.8 Å². The third-order valence-corrected chi connectivity index (χ3v) is 3.10. The number of para-hydroxylation sites is 2. The number of carbonyl (C=O) groups is 2. The van der Waals surface area contributed by atoms with Gasteiger partial charge in [-0.2, -0.15) is 0 Å². The number of hydrogen-bond donors (Lipinski definition) is 1. The Balaban J connectivity index is 1.91. The van der Waals surface area contributed by atoms with E-state index in [0.717, 1.165) is 0 Å². The van der Waals surface area contributed by atoms with Crippen molar-refractivity contribution in [2.24, 2.45) is 0 Å². The number of benzene rings is 2. The second kappa shape index (κ2) is 8.57. The molecule has 2 aromatic carbocycles. The highest BCUT2D eigenvalue weighted by molar-refractivity contribution is 5.93. The molecule has 0 heterocycles. The highest BCUT2D eigenvalue weighted by atomic mass is 16.5. The molecule has 2 aromatic rings. The number of ether oxygens (including phenoxy) is 3. The lowest BCUT2D eigenvalue weighted by molar-refractivity contribution is -0.118. The Bertz CT molecular complexity index is 697. The fourth-order valence-corrected chi connectivity index (χ4v) is 1.99. The molecule has 6 nitrogen and oxygen atoms in total. The predicted octanol–water partition coefficient (Wildman–Crippen LogP) is 2.89. The fourth-order valence-electron chi connectivity index (χ4n) is 1.99. The molecule has 1 N–H and O–H groups in total. The summed E-state index contributed by atoms with van der Waals surface area (Å²) in [6, 6.07) is 13.6. The number of hydrogen-bond acceptors (Lipinski definition) is 5. The number of amides is 1. The zero-order valence-corrected chi connectivity index (χ0v) is 13.6. The van der Waals surface area contributed by atoms with E-state index >= 15 is 0 Å². The summed E-state index contributed by atoms with van der Waals surface area (Å²) in [5, 5.41) is 2.69. The van der Waals surface area contributed by atoms with Crippen molar-refractivity contribution in [3.05, 3.63) is 54.1 Å². The molecule has 0 radical (unpaired) electrons. The van der Waals surface area contributed by atoms with Gasteiger partial charge in [-0.15, -0.1) is 0 Å². The molecule has 0 fully saturated rings. The molecule has 2 rings (SSSR count). The molecule has 0 aromatic heterocycles. The van der Waals surface area contributed by atoms with Crippen molar-refractivity contribution in [1.29, 1.82) is 0 Å². The molecular weight excluding hydrogens is 310 g/mol. The van der Waals surface area contributed by atoms with Crippen LogP contribution in [0.4, 0.5) is 5.69 Å². The summed E-state index contributed by atoms with van der Waals surface area (Å²) >= 11 is 0. The van der Waals surface area contributed by atoms with Crippen LogP contribution in [-0.4, -0.2) is 32.2 Å². The van der Waals surface area contributed by atoms with Crippen molar-refractivity contribution in [3.8, 4) is 11.5 Å². The predicted molar refractivity (Wildman–Crippen MR) is 89.5 cm³/mol. The van der Waals surface area contributed by atoms with Crippen molar-refractivity contribution in [1.82, 2.24) is 0 Å². The number of methoxy groups -OCH3 is 1. The molecule has 24 heavy (non-hydrogen) atoms. The first-order chi connectivity index (χ1) is 11.6. The molecule has 0 unspecified atom stereocenters. The van der Waals surface area contributed by atoms with Crippen LogP contribution in [-0.2, 0) is 9.53 Å². The van der Waals surface area contributed by atoms with E-state index in [1.54, 1.807) is 42.5 Å². The van der Waals surface area contributed by atoms with Crippen molar-refractivity contribution in [3.63, 3.8) is 0 Å². The normalized spacial score (nSPS) is 9.92. The Labute approximate surface area is 140 Å². The van der Waals surface area contributed by atoms with Gasteiger partial charge in [0.15, 0.2) is 18.1 Å². The van der Waals surface area contributed by atoms with Crippen molar-refractivity contribution in [2.45, 2.75) is 6.92 Å². The van der Waals surface area contributed by atoms with Crippen LogP contribution in [0.25, 0.3) is 0 Å². The van der Waals surface area contributed by atoms with E-state index in [0.29, 0.717) is 29.4 Å². The topological polar surface area (TPSA) is 73.9 Å². The number of carbonyl (C=O) groups excluding carboxylic acids is 2. The maximum atomic E-state index is 12.0. The number of esters is 1. The Morgan fingerprint density at radius 3 is 2.17 bits per heavy atom. The van der Waals surface area contributed by atoms with Gasteiger partial charge in [0.25, 0.3) is 5.91 Å². The van der Waals surface area contributed by atoms with Gasteiger partial charge in [0, 0.05) is 5.69 Å². The van der Waals surface area contributed by atoms with Crippen LogP contribution >= 0.6 is 0 Å². The van der Waals surface area contributed by atoms with Crippen LogP contribution in [0.5, 0.6) is 11.5 Å². The van der Waals surface area contributed by atoms with Crippen molar-refractivity contribution >= 4 is 17.6 Å². The average Bonchev–Trinajstić information content (AvgIpc) is 2.61. The molecule has 6 heteroatoms. The number of rotatable bonds is 7. The third kappa shape index (κ3) is 4.74. The van der Waals surface area contributed by atoms with Gasteiger partial charge in [0.2, 0.25) is 0 Å². The Kier molecular flexibility index (Phi) is 6.19. The summed E-state index contributed by atoms with van der Waals surface area (Å²) in [6.07, 6.45) is 0. The van der Waals surface area contributed by atoms with Crippen LogP contribution in [0.2, 0.25) is 0 Å². The molecule has 0 aliphatic rings. The molecule has 0 atom stereocenters. The average molecular weight is 329 g/mol. The summed E-state index contributed by atoms with van der Waals surface area (Å²) in [5.41, 5.74) is 0.978. The largest absolute Gasteiger partial charge is 0.490 e. The summed E-state index contributed by atoms with van der Waals surface area (Å²) in [7, 11) is 1.31. The Hall–Kier alpha value is -3.02. The number of nitrogens with one attached hydrogen (secondary N) is 1. The van der Waals surface area contributed by atoms with Crippen LogP contribution < -0.4 is 14.8 Å². The molecule has 0 aliphatic heterocycles. The number of anilines is 1. The molecule has 0 bridgehead atoms. The third-order valence-electron chi connectivity index (χ3n) is 3.10. The zero-order valence-electron chi connectivity index (χ0n) is 13.6. The second-order valence-corrected chi connectivity index (χ2v) is 4.79. The minimum Gasteiger partial charge on any atom is -0.490 e. The lowest BCUT2D eigenvalue weighted by Crippen LogP contribution is -2.20. The maximum absolute atomic E-state index is 12.0. The summed E-state index contributed by atoms with van der Waals surface area (Å²) in [5.74, 6) is 0.363. The van der Waals surface area contributed by atoms with Gasteiger partial charge in [-0.3, -0.25) is 4.79 Å². The smallest absolute Gasteiger partial charge is 0.337 e. The van der Waals surface area contributed by atoms with E-state index in [-0.39, 0.29) is 12.5 Å². The highest BCUT2D eigenvalue weighted by Crippen LogP contribution is 2.26. The van der Waals surface area contributed by atoms with Gasteiger partial charge >= 0.3 is 5.97 Å². The van der Waals surface area contributed by atoms with Crippen LogP contribution in [0.15, 0.2) is 48.5 Å². The monoisotopic (exact) mass is 329 g/mol. The van der Waals surface area contributed by atoms with Gasteiger partial charge < -0.3 is 19.5 Å². The van der Waals surface area contributed by atoms with Gasteiger partial charge in [0.1, 0.15) is 0 Å². The highest BCUT2D eigenvalue weighted by Gasteiger charge is 2.09. The van der Waals surface area contributed by atoms with E-state index < -0.39 is 5.97 Å². The van der Waals surface area contributed by atoms with Crippen LogP contribution in [0.1, 0.15) is 17.3 Å². The van der Waals surface area contributed by atoms with E-state index in [4.69, 9.17) is 9.47 Å². The maximum Gasteiger partial charge on any atom is 0.337 e. The first kappa shape index (κ1) is 17.3. The van der Waals surface area contributed by atoms with Crippen LogP contribution in [0.3, 0.4) is 0 Å². The lowest BCUT2D eigenvalue weighted by Gasteiger charge is -2.11. The first-order valence-electron chi connectivity index (χ1n) is 7.47. The Morgan fingerprint density at radius 1 is 0.958 bits per heavy atom. The molecule has 0 aliphatic carbocycles. The van der Waals surface area contributed by atoms with E-state index in [1.807, 2.05) is 13.0 Å². The second-order valence-electron chi connectivity index (χ2n) is 4.79. The van der Waals surface area contributed by atoms with Gasteiger partial charge in [-0.05, 0) is 43.3 Å². The molecule has 0 saturated heterocycles.